The molecule has 2 aliphatic rings. The fraction of sp³-hybridized carbons (Fsp3) is 0.560. The van der Waals surface area contributed by atoms with Gasteiger partial charge in [0.25, 0.3) is 0 Å². The average molecular weight is 474 g/mol. The number of likely N-dealkylation sites (tertiary alicyclic amines) is 1. The van der Waals surface area contributed by atoms with Crippen LogP contribution in [0.4, 0.5) is 0 Å². The highest BCUT2D eigenvalue weighted by Gasteiger charge is 2.33. The highest BCUT2D eigenvalue weighted by molar-refractivity contribution is 7.89. The Morgan fingerprint density at radius 3 is 2.15 bits per heavy atom. The molecule has 4 rings (SSSR count). The van der Waals surface area contributed by atoms with Gasteiger partial charge in [0.2, 0.25) is 10.0 Å². The Labute approximate surface area is 197 Å². The first-order chi connectivity index (χ1) is 15.9. The largest absolute Gasteiger partial charge is 0.493 e. The monoisotopic (exact) mass is 473 g/mol. The van der Waals surface area contributed by atoms with Gasteiger partial charge >= 0.3 is 0 Å². The number of aromatic nitrogens is 1. The predicted octanol–water partition coefficient (Wildman–Crippen LogP) is 3.81. The molecule has 1 aromatic heterocycles. The van der Waals surface area contributed by atoms with E-state index in [4.69, 9.17) is 9.47 Å². The van der Waals surface area contributed by atoms with Gasteiger partial charge < -0.3 is 14.4 Å². The van der Waals surface area contributed by atoms with Gasteiger partial charge in [0.05, 0.1) is 11.5 Å². The van der Waals surface area contributed by atoms with E-state index in [2.05, 4.69) is 23.7 Å². The quantitative estimate of drug-likeness (QED) is 0.581. The molecule has 0 bridgehead atoms. The summed E-state index contributed by atoms with van der Waals surface area (Å²) in [6, 6.07) is 11.0. The molecule has 8 heteroatoms. The fourth-order valence-corrected chi connectivity index (χ4v) is 6.01. The number of hydrogen-bond acceptors (Lipinski definition) is 6. The Balaban J connectivity index is 1.25. The van der Waals surface area contributed by atoms with E-state index in [9.17, 15) is 8.42 Å². The van der Waals surface area contributed by atoms with Crippen molar-refractivity contribution in [2.75, 3.05) is 32.8 Å². The third kappa shape index (κ3) is 6.25. The molecule has 0 spiro atoms. The molecule has 2 saturated heterocycles. The lowest BCUT2D eigenvalue weighted by Gasteiger charge is -2.41. The molecule has 1 aromatic carbocycles. The zero-order valence-corrected chi connectivity index (χ0v) is 20.4. The van der Waals surface area contributed by atoms with Crippen LogP contribution >= 0.6 is 0 Å². The Hall–Kier alpha value is -2.16. The first-order valence-corrected chi connectivity index (χ1v) is 13.4. The van der Waals surface area contributed by atoms with Crippen molar-refractivity contribution < 1.29 is 17.9 Å². The lowest BCUT2D eigenvalue weighted by Crippen LogP contribution is -2.50. The van der Waals surface area contributed by atoms with Crippen LogP contribution in [0.25, 0.3) is 0 Å². The van der Waals surface area contributed by atoms with Crippen LogP contribution in [0.15, 0.2) is 53.7 Å². The molecule has 0 radical (unpaired) electrons. The molecule has 0 unspecified atom stereocenters. The molecule has 7 nitrogen and oxygen atoms in total. The molecule has 180 valence electrons. The smallest absolute Gasteiger partial charge is 0.243 e. The summed E-state index contributed by atoms with van der Waals surface area (Å²) in [5.74, 6) is 2.01. The summed E-state index contributed by atoms with van der Waals surface area (Å²) in [6.45, 7) is 7.89. The van der Waals surface area contributed by atoms with E-state index in [-0.39, 0.29) is 6.10 Å². The minimum Gasteiger partial charge on any atom is -0.493 e. The molecule has 33 heavy (non-hydrogen) atoms. The maximum atomic E-state index is 13.1. The van der Waals surface area contributed by atoms with Crippen LogP contribution in [0.5, 0.6) is 11.5 Å². The van der Waals surface area contributed by atoms with E-state index < -0.39 is 10.0 Å². The normalized spacial score (nSPS) is 19.6. The molecular weight excluding hydrogens is 438 g/mol. The van der Waals surface area contributed by atoms with Gasteiger partial charge in [-0.05, 0) is 68.0 Å². The maximum absolute atomic E-state index is 13.1. The molecular formula is C25H35N3O4S. The van der Waals surface area contributed by atoms with Crippen molar-refractivity contribution in [3.05, 3.63) is 48.8 Å². The summed E-state index contributed by atoms with van der Waals surface area (Å²) in [6.07, 6.45) is 7.45. The van der Waals surface area contributed by atoms with Crippen molar-refractivity contribution in [3.8, 4) is 11.5 Å². The summed E-state index contributed by atoms with van der Waals surface area (Å²) in [5, 5.41) is 0. The summed E-state index contributed by atoms with van der Waals surface area (Å²) in [5.41, 5.74) is 0. The van der Waals surface area contributed by atoms with Crippen molar-refractivity contribution in [2.45, 2.75) is 56.6 Å². The highest BCUT2D eigenvalue weighted by atomic mass is 32.2. The molecule has 2 fully saturated rings. The van der Waals surface area contributed by atoms with E-state index in [0.29, 0.717) is 42.3 Å². The first kappa shape index (κ1) is 24.0. The van der Waals surface area contributed by atoms with Gasteiger partial charge in [0.1, 0.15) is 17.6 Å². The molecule has 0 amide bonds. The van der Waals surface area contributed by atoms with Crippen molar-refractivity contribution in [3.63, 3.8) is 0 Å². The van der Waals surface area contributed by atoms with Crippen molar-refractivity contribution in [2.24, 2.45) is 5.92 Å². The number of ether oxygens (including phenoxy) is 2. The molecule has 2 aromatic rings. The maximum Gasteiger partial charge on any atom is 0.243 e. The van der Waals surface area contributed by atoms with Gasteiger partial charge in [0, 0.05) is 44.6 Å². The van der Waals surface area contributed by atoms with Crippen LogP contribution in [-0.2, 0) is 10.0 Å². The van der Waals surface area contributed by atoms with E-state index in [1.54, 1.807) is 41.0 Å². The second-order valence-electron chi connectivity index (χ2n) is 9.35. The van der Waals surface area contributed by atoms with Crippen LogP contribution in [-0.4, -0.2) is 67.5 Å². The highest BCUT2D eigenvalue weighted by Crippen LogP contribution is 2.27. The van der Waals surface area contributed by atoms with E-state index in [0.717, 1.165) is 44.5 Å². The summed E-state index contributed by atoms with van der Waals surface area (Å²) in [4.78, 5) is 6.88. The topological polar surface area (TPSA) is 72.0 Å². The zero-order valence-electron chi connectivity index (χ0n) is 19.6. The lowest BCUT2D eigenvalue weighted by molar-refractivity contribution is 0.0585. The SMILES string of the molecule is CC(C)COc1ccc(S(=O)(=O)N2CCC(N3CCC(Oc4ccncc4)CC3)CC2)cc1. The molecule has 0 aliphatic carbocycles. The van der Waals surface area contributed by atoms with Crippen LogP contribution in [0.1, 0.15) is 39.5 Å². The van der Waals surface area contributed by atoms with Crippen LogP contribution in [0.2, 0.25) is 0 Å². The van der Waals surface area contributed by atoms with Crippen LogP contribution in [0.3, 0.4) is 0 Å². The molecule has 0 N–H and O–H groups in total. The third-order valence-electron chi connectivity index (χ3n) is 6.41. The average Bonchev–Trinajstić information content (AvgIpc) is 2.84. The van der Waals surface area contributed by atoms with Crippen LogP contribution in [0, 0.1) is 5.92 Å². The Morgan fingerprint density at radius 1 is 0.909 bits per heavy atom. The van der Waals surface area contributed by atoms with Crippen molar-refractivity contribution >= 4 is 10.0 Å². The van der Waals surface area contributed by atoms with E-state index in [1.807, 2.05) is 12.1 Å². The number of hydrogen-bond donors (Lipinski definition) is 0. The summed E-state index contributed by atoms with van der Waals surface area (Å²) in [7, 11) is -3.47. The van der Waals surface area contributed by atoms with E-state index in [1.165, 1.54) is 0 Å². The number of sulfonamides is 1. The van der Waals surface area contributed by atoms with Crippen molar-refractivity contribution in [1.82, 2.24) is 14.2 Å². The number of rotatable bonds is 8. The molecule has 2 aliphatic heterocycles. The summed E-state index contributed by atoms with van der Waals surface area (Å²) >= 11 is 0. The van der Waals surface area contributed by atoms with Gasteiger partial charge in [-0.2, -0.15) is 4.31 Å². The van der Waals surface area contributed by atoms with Gasteiger partial charge in [-0.15, -0.1) is 0 Å². The van der Waals surface area contributed by atoms with Gasteiger partial charge in [0.15, 0.2) is 0 Å². The van der Waals surface area contributed by atoms with Gasteiger partial charge in [-0.1, -0.05) is 13.8 Å². The number of nitrogens with zero attached hydrogens (tertiary/aromatic N) is 3. The Kier molecular flexibility index (Phi) is 7.88. The minimum atomic E-state index is -3.47. The fourth-order valence-electron chi connectivity index (χ4n) is 4.54. The second kappa shape index (κ2) is 10.8. The third-order valence-corrected chi connectivity index (χ3v) is 8.33. The number of piperidine rings is 2. The summed E-state index contributed by atoms with van der Waals surface area (Å²) < 4.78 is 39.6. The Bertz CT molecular complexity index is 966. The lowest BCUT2D eigenvalue weighted by atomic mass is 10.00. The standard InChI is InChI=1S/C25H35N3O4S/c1-20(2)19-31-22-3-5-25(6-4-22)33(29,30)28-17-9-21(10-18-28)27-15-11-24(12-16-27)32-23-7-13-26-14-8-23/h3-8,13-14,20-21,24H,9-12,15-19H2,1-2H3. The van der Waals surface area contributed by atoms with Gasteiger partial charge in [-0.3, -0.25) is 4.98 Å². The Morgan fingerprint density at radius 2 is 1.55 bits per heavy atom. The zero-order chi connectivity index (χ0) is 23.3. The molecule has 3 heterocycles. The number of pyridine rings is 1. The minimum absolute atomic E-state index is 0.233. The van der Waals surface area contributed by atoms with Crippen LogP contribution < -0.4 is 9.47 Å². The second-order valence-corrected chi connectivity index (χ2v) is 11.3. The molecule has 0 atom stereocenters. The van der Waals surface area contributed by atoms with Crippen molar-refractivity contribution in [1.29, 1.82) is 0 Å². The first-order valence-electron chi connectivity index (χ1n) is 12.0. The van der Waals surface area contributed by atoms with Gasteiger partial charge in [-0.25, -0.2) is 8.42 Å². The predicted molar refractivity (Wildman–Crippen MR) is 128 cm³/mol. The number of benzene rings is 1. The van der Waals surface area contributed by atoms with E-state index >= 15 is 0 Å². The molecule has 0 saturated carbocycles.